The number of likely N-dealkylation sites (N-methyl/N-ethyl adjacent to an activating group) is 1. The fraction of sp³-hybridized carbons (Fsp3) is 0.474. The lowest BCUT2D eigenvalue weighted by Gasteiger charge is -2.15. The van der Waals surface area contributed by atoms with Crippen molar-refractivity contribution >= 4 is 11.8 Å². The van der Waals surface area contributed by atoms with Gasteiger partial charge in [0.15, 0.2) is 11.6 Å². The van der Waals surface area contributed by atoms with E-state index in [2.05, 4.69) is 16.6 Å². The van der Waals surface area contributed by atoms with Crippen molar-refractivity contribution in [3.63, 3.8) is 0 Å². The molecule has 2 amide bonds. The van der Waals surface area contributed by atoms with Crippen LogP contribution < -0.4 is 15.4 Å². The second-order valence-corrected chi connectivity index (χ2v) is 5.66. The van der Waals surface area contributed by atoms with Gasteiger partial charge in [-0.2, -0.15) is 0 Å². The van der Waals surface area contributed by atoms with Gasteiger partial charge in [0.05, 0.1) is 6.61 Å². The summed E-state index contributed by atoms with van der Waals surface area (Å²) in [6.07, 6.45) is 6.79. The molecule has 1 atom stereocenters. The molecule has 0 radical (unpaired) electrons. The minimum atomic E-state index is -0.713. The monoisotopic (exact) mass is 348 g/mol. The highest BCUT2D eigenvalue weighted by Crippen LogP contribution is 2.18. The molecule has 0 saturated carbocycles. The van der Waals surface area contributed by atoms with Crippen molar-refractivity contribution in [3.8, 4) is 18.1 Å². The Labute approximate surface area is 148 Å². The summed E-state index contributed by atoms with van der Waals surface area (Å²) in [6.45, 7) is 4.39. The van der Waals surface area contributed by atoms with Crippen LogP contribution in [0.15, 0.2) is 18.2 Å². The predicted molar refractivity (Wildman–Crippen MR) is 94.5 cm³/mol. The van der Waals surface area contributed by atoms with Crippen molar-refractivity contribution in [3.05, 3.63) is 29.6 Å². The molecular weight excluding hydrogens is 323 g/mol. The van der Waals surface area contributed by atoms with Gasteiger partial charge in [-0.3, -0.25) is 9.59 Å². The second kappa shape index (κ2) is 11.1. The highest BCUT2D eigenvalue weighted by molar-refractivity contribution is 5.87. The maximum absolute atomic E-state index is 13.6. The van der Waals surface area contributed by atoms with Crippen molar-refractivity contribution in [1.82, 2.24) is 10.6 Å². The molecule has 0 aliphatic rings. The van der Waals surface area contributed by atoms with Crippen LogP contribution in [0.4, 0.5) is 4.39 Å². The standard InChI is InChI=1S/C19H25FN2O3/c1-4-8-16(19(24)21-5-2)22-18(23)9-6-7-12-25-17-11-10-14(3)13-15(17)20/h1,10-11,13,16H,5-9,12H2,2-3H3,(H,21,24)(H,22,23). The van der Waals surface area contributed by atoms with E-state index in [-0.39, 0.29) is 30.4 Å². The molecular formula is C19H25FN2O3. The number of terminal acetylenes is 1. The lowest BCUT2D eigenvalue weighted by Crippen LogP contribution is -2.46. The third-order valence-electron chi connectivity index (χ3n) is 3.47. The topological polar surface area (TPSA) is 67.4 Å². The fourth-order valence-electron chi connectivity index (χ4n) is 2.18. The normalized spacial score (nSPS) is 11.3. The Kier molecular flexibility index (Phi) is 9.09. The van der Waals surface area contributed by atoms with E-state index in [0.717, 1.165) is 5.56 Å². The van der Waals surface area contributed by atoms with E-state index in [0.29, 0.717) is 26.0 Å². The molecule has 0 bridgehead atoms. The average Bonchev–Trinajstić information content (AvgIpc) is 2.56. The molecule has 0 aromatic heterocycles. The van der Waals surface area contributed by atoms with Gasteiger partial charge in [-0.15, -0.1) is 12.3 Å². The number of amides is 2. The van der Waals surface area contributed by atoms with Gasteiger partial charge in [-0.1, -0.05) is 6.07 Å². The number of nitrogens with one attached hydrogen (secondary N) is 2. The van der Waals surface area contributed by atoms with Gasteiger partial charge in [-0.25, -0.2) is 4.39 Å². The molecule has 1 unspecified atom stereocenters. The van der Waals surface area contributed by atoms with Crippen LogP contribution >= 0.6 is 0 Å². The van der Waals surface area contributed by atoms with Crippen molar-refractivity contribution < 1.29 is 18.7 Å². The Bertz CT molecular complexity index is 626. The Morgan fingerprint density at radius 2 is 2.12 bits per heavy atom. The smallest absolute Gasteiger partial charge is 0.243 e. The van der Waals surface area contributed by atoms with Crippen LogP contribution in [0.25, 0.3) is 0 Å². The number of hydrogen-bond acceptors (Lipinski definition) is 3. The van der Waals surface area contributed by atoms with E-state index in [4.69, 9.17) is 11.2 Å². The first-order valence-electron chi connectivity index (χ1n) is 8.37. The Hall–Kier alpha value is -2.55. The first-order valence-corrected chi connectivity index (χ1v) is 8.37. The maximum Gasteiger partial charge on any atom is 0.243 e. The van der Waals surface area contributed by atoms with Crippen molar-refractivity contribution in [1.29, 1.82) is 0 Å². The van der Waals surface area contributed by atoms with Gasteiger partial charge in [-0.05, 0) is 44.4 Å². The molecule has 5 nitrogen and oxygen atoms in total. The minimum Gasteiger partial charge on any atom is -0.491 e. The number of aryl methyl sites for hydroxylation is 1. The van der Waals surface area contributed by atoms with Crippen LogP contribution in [0.5, 0.6) is 5.75 Å². The number of carbonyl (C=O) groups is 2. The molecule has 1 aromatic carbocycles. The van der Waals surface area contributed by atoms with Crippen LogP contribution in [0.3, 0.4) is 0 Å². The third-order valence-corrected chi connectivity index (χ3v) is 3.47. The molecule has 0 saturated heterocycles. The van der Waals surface area contributed by atoms with Crippen molar-refractivity contribution in [2.75, 3.05) is 13.2 Å². The molecule has 136 valence electrons. The van der Waals surface area contributed by atoms with Crippen LogP contribution in [0.1, 0.15) is 38.2 Å². The zero-order valence-corrected chi connectivity index (χ0v) is 14.7. The van der Waals surface area contributed by atoms with Gasteiger partial charge in [0, 0.05) is 19.4 Å². The Balaban J connectivity index is 2.29. The maximum atomic E-state index is 13.6. The lowest BCUT2D eigenvalue weighted by atomic mass is 10.1. The molecule has 0 aliphatic carbocycles. The molecule has 0 aliphatic heterocycles. The molecule has 1 rings (SSSR count). The average molecular weight is 348 g/mol. The molecule has 25 heavy (non-hydrogen) atoms. The minimum absolute atomic E-state index is 0.146. The highest BCUT2D eigenvalue weighted by Gasteiger charge is 2.18. The summed E-state index contributed by atoms with van der Waals surface area (Å²) >= 11 is 0. The highest BCUT2D eigenvalue weighted by atomic mass is 19.1. The van der Waals surface area contributed by atoms with Gasteiger partial charge in [0.25, 0.3) is 0 Å². The van der Waals surface area contributed by atoms with E-state index in [1.54, 1.807) is 26.0 Å². The second-order valence-electron chi connectivity index (χ2n) is 5.66. The number of halogens is 1. The Morgan fingerprint density at radius 1 is 1.36 bits per heavy atom. The van der Waals surface area contributed by atoms with E-state index in [1.807, 2.05) is 0 Å². The number of carbonyl (C=O) groups excluding carboxylic acids is 2. The summed E-state index contributed by atoms with van der Waals surface area (Å²) in [6, 6.07) is 4.07. The van der Waals surface area contributed by atoms with Crippen LogP contribution in [-0.4, -0.2) is 31.0 Å². The van der Waals surface area contributed by atoms with E-state index in [9.17, 15) is 14.0 Å². The Morgan fingerprint density at radius 3 is 2.76 bits per heavy atom. The molecule has 2 N–H and O–H groups in total. The number of unbranched alkanes of at least 4 members (excludes halogenated alkanes) is 1. The van der Waals surface area contributed by atoms with Gasteiger partial charge in [0.1, 0.15) is 6.04 Å². The molecule has 0 heterocycles. The molecule has 1 aromatic rings. The zero-order chi connectivity index (χ0) is 18.7. The number of ether oxygens (including phenoxy) is 1. The first kappa shape index (κ1) is 20.5. The molecule has 6 heteroatoms. The fourth-order valence-corrected chi connectivity index (χ4v) is 2.18. The SMILES string of the molecule is C#CCC(NC(=O)CCCCOc1ccc(C)cc1F)C(=O)NCC. The van der Waals surface area contributed by atoms with E-state index in [1.165, 1.54) is 6.07 Å². The third kappa shape index (κ3) is 7.71. The van der Waals surface area contributed by atoms with Gasteiger partial charge in [0.2, 0.25) is 11.8 Å². The summed E-state index contributed by atoms with van der Waals surface area (Å²) in [5, 5.41) is 5.27. The van der Waals surface area contributed by atoms with E-state index >= 15 is 0 Å². The summed E-state index contributed by atoms with van der Waals surface area (Å²) in [5.74, 6) is 1.67. The molecule has 0 fully saturated rings. The van der Waals surface area contributed by atoms with Crippen LogP contribution in [0, 0.1) is 25.1 Å². The lowest BCUT2D eigenvalue weighted by molar-refractivity contribution is -0.128. The number of hydrogen-bond donors (Lipinski definition) is 2. The number of benzene rings is 1. The van der Waals surface area contributed by atoms with Crippen molar-refractivity contribution in [2.45, 2.75) is 45.6 Å². The number of rotatable bonds is 10. The van der Waals surface area contributed by atoms with Crippen LogP contribution in [-0.2, 0) is 9.59 Å². The zero-order valence-electron chi connectivity index (χ0n) is 14.7. The predicted octanol–water partition coefficient (Wildman–Crippen LogP) is 2.33. The quantitative estimate of drug-likeness (QED) is 0.504. The summed E-state index contributed by atoms with van der Waals surface area (Å²) in [4.78, 5) is 23.7. The van der Waals surface area contributed by atoms with Gasteiger partial charge >= 0.3 is 0 Å². The van der Waals surface area contributed by atoms with Crippen molar-refractivity contribution in [2.24, 2.45) is 0 Å². The first-order chi connectivity index (χ1) is 12.0. The largest absolute Gasteiger partial charge is 0.491 e. The van der Waals surface area contributed by atoms with Crippen LogP contribution in [0.2, 0.25) is 0 Å². The van der Waals surface area contributed by atoms with Gasteiger partial charge < -0.3 is 15.4 Å². The summed E-state index contributed by atoms with van der Waals surface area (Å²) in [7, 11) is 0. The summed E-state index contributed by atoms with van der Waals surface area (Å²) < 4.78 is 19.0. The van der Waals surface area contributed by atoms with E-state index < -0.39 is 11.9 Å². The summed E-state index contributed by atoms with van der Waals surface area (Å²) in [5.41, 5.74) is 0.829. The molecule has 0 spiro atoms.